The maximum absolute atomic E-state index is 13.9. The second-order valence-electron chi connectivity index (χ2n) is 6.06. The molecular formula is C19H21FN2O2. The molecule has 2 heterocycles. The molecule has 1 saturated heterocycles. The summed E-state index contributed by atoms with van der Waals surface area (Å²) in [5, 5.41) is 0. The summed E-state index contributed by atoms with van der Waals surface area (Å²) in [5.41, 5.74) is 1.48. The number of rotatable bonds is 4. The predicted molar refractivity (Wildman–Crippen MR) is 90.2 cm³/mol. The van der Waals surface area contributed by atoms with Crippen molar-refractivity contribution in [1.82, 2.24) is 9.88 Å². The highest BCUT2D eigenvalue weighted by molar-refractivity contribution is 5.81. The lowest BCUT2D eigenvalue weighted by Gasteiger charge is -2.29. The van der Waals surface area contributed by atoms with E-state index in [1.807, 2.05) is 11.0 Å². The molecule has 1 atom stereocenters. The van der Waals surface area contributed by atoms with Gasteiger partial charge in [0.15, 0.2) is 6.10 Å². The Balaban J connectivity index is 1.74. The average molecular weight is 328 g/mol. The molecule has 126 valence electrons. The number of halogens is 1. The highest BCUT2D eigenvalue weighted by atomic mass is 19.1. The Hall–Kier alpha value is -2.43. The summed E-state index contributed by atoms with van der Waals surface area (Å²) >= 11 is 0. The van der Waals surface area contributed by atoms with Crippen LogP contribution in [0, 0.1) is 5.82 Å². The van der Waals surface area contributed by atoms with Gasteiger partial charge >= 0.3 is 0 Å². The van der Waals surface area contributed by atoms with Crippen molar-refractivity contribution in [3.8, 4) is 16.9 Å². The summed E-state index contributed by atoms with van der Waals surface area (Å²) in [6.45, 7) is 3.26. The SMILES string of the molecule is CC(Oc1cc(F)cc(-c2cccnc2)c1)C(=O)N1CCCCC1. The van der Waals surface area contributed by atoms with E-state index in [1.54, 1.807) is 31.5 Å². The van der Waals surface area contributed by atoms with Crippen molar-refractivity contribution >= 4 is 5.91 Å². The van der Waals surface area contributed by atoms with Gasteiger partial charge in [0.25, 0.3) is 5.91 Å². The van der Waals surface area contributed by atoms with Crippen LogP contribution in [0.2, 0.25) is 0 Å². The van der Waals surface area contributed by atoms with Crippen LogP contribution >= 0.6 is 0 Å². The molecule has 0 aliphatic carbocycles. The van der Waals surface area contributed by atoms with Crippen LogP contribution in [-0.4, -0.2) is 35.0 Å². The summed E-state index contributed by atoms with van der Waals surface area (Å²) in [6, 6.07) is 8.12. The zero-order valence-electron chi connectivity index (χ0n) is 13.7. The third kappa shape index (κ3) is 3.91. The number of carbonyl (C=O) groups excluding carboxylic acids is 1. The number of piperidine rings is 1. The topological polar surface area (TPSA) is 42.4 Å². The summed E-state index contributed by atoms with van der Waals surface area (Å²) in [5.74, 6) is -0.0856. The molecule has 0 spiro atoms. The number of pyridine rings is 1. The Morgan fingerprint density at radius 3 is 2.71 bits per heavy atom. The van der Waals surface area contributed by atoms with E-state index in [-0.39, 0.29) is 5.91 Å². The molecule has 1 aromatic heterocycles. The van der Waals surface area contributed by atoms with E-state index < -0.39 is 11.9 Å². The highest BCUT2D eigenvalue weighted by Crippen LogP contribution is 2.26. The van der Waals surface area contributed by atoms with Crippen LogP contribution in [0.4, 0.5) is 4.39 Å². The van der Waals surface area contributed by atoms with Crippen molar-refractivity contribution in [2.75, 3.05) is 13.1 Å². The van der Waals surface area contributed by atoms with E-state index in [2.05, 4.69) is 4.98 Å². The first-order valence-electron chi connectivity index (χ1n) is 8.30. The lowest BCUT2D eigenvalue weighted by atomic mass is 10.1. The second-order valence-corrected chi connectivity index (χ2v) is 6.06. The molecule has 0 bridgehead atoms. The molecule has 5 heteroatoms. The largest absolute Gasteiger partial charge is 0.481 e. The highest BCUT2D eigenvalue weighted by Gasteiger charge is 2.23. The van der Waals surface area contributed by atoms with Crippen molar-refractivity contribution in [2.24, 2.45) is 0 Å². The van der Waals surface area contributed by atoms with Gasteiger partial charge in [-0.3, -0.25) is 9.78 Å². The monoisotopic (exact) mass is 328 g/mol. The molecule has 1 aliphatic rings. The molecule has 1 aromatic carbocycles. The molecule has 1 unspecified atom stereocenters. The van der Waals surface area contributed by atoms with Gasteiger partial charge in [-0.2, -0.15) is 0 Å². The van der Waals surface area contributed by atoms with Crippen LogP contribution < -0.4 is 4.74 Å². The number of nitrogens with zero attached hydrogens (tertiary/aromatic N) is 2. The number of hydrogen-bond acceptors (Lipinski definition) is 3. The standard InChI is InChI=1S/C19H21FN2O2/c1-14(19(23)22-8-3-2-4-9-22)24-18-11-16(10-17(20)12-18)15-6-5-7-21-13-15/h5-7,10-14H,2-4,8-9H2,1H3. The third-order valence-electron chi connectivity index (χ3n) is 4.19. The van der Waals surface area contributed by atoms with Crippen LogP contribution in [0.25, 0.3) is 11.1 Å². The Morgan fingerprint density at radius 1 is 1.21 bits per heavy atom. The first-order valence-corrected chi connectivity index (χ1v) is 8.30. The van der Waals surface area contributed by atoms with Crippen molar-refractivity contribution in [3.63, 3.8) is 0 Å². The van der Waals surface area contributed by atoms with Crippen LogP contribution in [0.3, 0.4) is 0 Å². The van der Waals surface area contributed by atoms with Crippen LogP contribution in [0.1, 0.15) is 26.2 Å². The molecule has 24 heavy (non-hydrogen) atoms. The zero-order chi connectivity index (χ0) is 16.9. The number of benzene rings is 1. The van der Waals surface area contributed by atoms with Gasteiger partial charge in [-0.1, -0.05) is 6.07 Å². The van der Waals surface area contributed by atoms with Crippen molar-refractivity contribution < 1.29 is 13.9 Å². The Morgan fingerprint density at radius 2 is 2.00 bits per heavy atom. The van der Waals surface area contributed by atoms with E-state index in [1.165, 1.54) is 12.1 Å². The number of amides is 1. The van der Waals surface area contributed by atoms with Crippen LogP contribution in [0.15, 0.2) is 42.7 Å². The normalized spacial score (nSPS) is 15.8. The lowest BCUT2D eigenvalue weighted by molar-refractivity contribution is -0.138. The maximum Gasteiger partial charge on any atom is 0.263 e. The molecule has 1 amide bonds. The van der Waals surface area contributed by atoms with Gasteiger partial charge in [-0.25, -0.2) is 4.39 Å². The molecule has 1 aliphatic heterocycles. The molecule has 0 N–H and O–H groups in total. The van der Waals surface area contributed by atoms with E-state index in [9.17, 15) is 9.18 Å². The minimum atomic E-state index is -0.633. The van der Waals surface area contributed by atoms with Crippen molar-refractivity contribution in [3.05, 3.63) is 48.5 Å². The van der Waals surface area contributed by atoms with Gasteiger partial charge in [0.2, 0.25) is 0 Å². The minimum absolute atomic E-state index is 0.0399. The number of likely N-dealkylation sites (tertiary alicyclic amines) is 1. The van der Waals surface area contributed by atoms with Gasteiger partial charge < -0.3 is 9.64 Å². The van der Waals surface area contributed by atoms with E-state index in [0.29, 0.717) is 11.3 Å². The number of ether oxygens (including phenoxy) is 1. The van der Waals surface area contributed by atoms with Crippen LogP contribution in [0.5, 0.6) is 5.75 Å². The lowest BCUT2D eigenvalue weighted by Crippen LogP contribution is -2.43. The molecule has 0 saturated carbocycles. The van der Waals surface area contributed by atoms with Crippen molar-refractivity contribution in [2.45, 2.75) is 32.3 Å². The van der Waals surface area contributed by atoms with Gasteiger partial charge in [-0.15, -0.1) is 0 Å². The van der Waals surface area contributed by atoms with Crippen molar-refractivity contribution in [1.29, 1.82) is 0 Å². The molecule has 0 radical (unpaired) electrons. The summed E-state index contributed by atoms with van der Waals surface area (Å²) in [7, 11) is 0. The van der Waals surface area contributed by atoms with Gasteiger partial charge in [0.1, 0.15) is 11.6 Å². The van der Waals surface area contributed by atoms with E-state index >= 15 is 0 Å². The smallest absolute Gasteiger partial charge is 0.263 e. The zero-order valence-corrected chi connectivity index (χ0v) is 13.7. The summed E-state index contributed by atoms with van der Waals surface area (Å²) in [6.07, 6.45) is 5.93. The molecule has 1 fully saturated rings. The first-order chi connectivity index (χ1) is 11.6. The Kier molecular flexibility index (Phi) is 5.08. The molecule has 4 nitrogen and oxygen atoms in total. The average Bonchev–Trinajstić information content (AvgIpc) is 2.62. The summed E-state index contributed by atoms with van der Waals surface area (Å²) in [4.78, 5) is 18.3. The fraction of sp³-hybridized carbons (Fsp3) is 0.368. The number of aromatic nitrogens is 1. The number of carbonyl (C=O) groups is 1. The number of hydrogen-bond donors (Lipinski definition) is 0. The van der Waals surface area contributed by atoms with Gasteiger partial charge in [0, 0.05) is 37.1 Å². The molecule has 3 rings (SSSR count). The van der Waals surface area contributed by atoms with Gasteiger partial charge in [0.05, 0.1) is 0 Å². The van der Waals surface area contributed by atoms with E-state index in [4.69, 9.17) is 4.74 Å². The van der Waals surface area contributed by atoms with E-state index in [0.717, 1.165) is 37.9 Å². The minimum Gasteiger partial charge on any atom is -0.481 e. The molecule has 2 aromatic rings. The van der Waals surface area contributed by atoms with Crippen LogP contribution in [-0.2, 0) is 4.79 Å². The van der Waals surface area contributed by atoms with Gasteiger partial charge in [-0.05, 0) is 49.9 Å². The maximum atomic E-state index is 13.9. The Labute approximate surface area is 141 Å². The second kappa shape index (κ2) is 7.43. The predicted octanol–water partition coefficient (Wildman–Crippen LogP) is 3.67. The fourth-order valence-corrected chi connectivity index (χ4v) is 2.96. The Bertz CT molecular complexity index is 700. The third-order valence-corrected chi connectivity index (χ3v) is 4.19. The fourth-order valence-electron chi connectivity index (χ4n) is 2.96. The quantitative estimate of drug-likeness (QED) is 0.860. The summed E-state index contributed by atoms with van der Waals surface area (Å²) < 4.78 is 19.6. The molecular weight excluding hydrogens is 307 g/mol. The first kappa shape index (κ1) is 16.4.